The quantitative estimate of drug-likeness (QED) is 0.410. The van der Waals surface area contributed by atoms with E-state index < -0.39 is 4.92 Å². The second-order valence-electron chi connectivity index (χ2n) is 4.03. The second kappa shape index (κ2) is 4.82. The number of halogens is 1. The molecule has 0 aliphatic carbocycles. The Morgan fingerprint density at radius 2 is 2.05 bits per heavy atom. The molecule has 0 saturated heterocycles. The molecule has 98 valence electrons. The number of fused-ring (bicyclic) bond motifs is 1. The Balaban J connectivity index is 2.36. The lowest BCUT2D eigenvalue weighted by Gasteiger charge is -2.06. The van der Waals surface area contributed by atoms with Gasteiger partial charge in [0.05, 0.1) is 4.92 Å². The molecule has 0 unspecified atom stereocenters. The fourth-order valence-electron chi connectivity index (χ4n) is 2.01. The van der Waals surface area contributed by atoms with Crippen molar-refractivity contribution in [1.82, 2.24) is 15.0 Å². The van der Waals surface area contributed by atoms with Crippen LogP contribution < -0.4 is 0 Å². The average Bonchev–Trinajstić information content (AvgIpc) is 2.46. The molecule has 0 atom stereocenters. The highest BCUT2D eigenvalue weighted by Gasteiger charge is 2.20. The fourth-order valence-corrected chi connectivity index (χ4v) is 2.14. The molecule has 2 aromatic heterocycles. The number of nitrogens with zero attached hydrogens (tertiary/aromatic N) is 4. The highest BCUT2D eigenvalue weighted by atomic mass is 35.5. The summed E-state index contributed by atoms with van der Waals surface area (Å²) in [5.74, 6) is 0. The van der Waals surface area contributed by atoms with Crippen LogP contribution in [-0.4, -0.2) is 19.9 Å². The minimum absolute atomic E-state index is 0.0357. The number of rotatable bonds is 2. The maximum absolute atomic E-state index is 11.1. The lowest BCUT2D eigenvalue weighted by Crippen LogP contribution is -1.97. The van der Waals surface area contributed by atoms with Gasteiger partial charge in [-0.15, -0.1) is 0 Å². The van der Waals surface area contributed by atoms with Crippen molar-refractivity contribution in [2.75, 3.05) is 0 Å². The second-order valence-corrected chi connectivity index (χ2v) is 4.37. The molecule has 0 saturated carbocycles. The molecule has 3 aromatic rings. The molecule has 0 spiro atoms. The molecule has 0 amide bonds. The van der Waals surface area contributed by atoms with Gasteiger partial charge in [-0.1, -0.05) is 18.2 Å². The van der Waals surface area contributed by atoms with Gasteiger partial charge in [-0.2, -0.15) is 0 Å². The van der Waals surface area contributed by atoms with Gasteiger partial charge < -0.3 is 0 Å². The van der Waals surface area contributed by atoms with Gasteiger partial charge in [0.1, 0.15) is 6.20 Å². The molecule has 7 heteroatoms. The van der Waals surface area contributed by atoms with Crippen molar-refractivity contribution in [2.45, 2.75) is 0 Å². The summed E-state index contributed by atoms with van der Waals surface area (Å²) in [7, 11) is 0. The van der Waals surface area contributed by atoms with E-state index >= 15 is 0 Å². The zero-order chi connectivity index (χ0) is 14.1. The van der Waals surface area contributed by atoms with Crippen molar-refractivity contribution < 1.29 is 4.92 Å². The third-order valence-electron chi connectivity index (χ3n) is 2.88. The van der Waals surface area contributed by atoms with E-state index in [1.807, 2.05) is 12.1 Å². The van der Waals surface area contributed by atoms with Gasteiger partial charge >= 0.3 is 5.69 Å². The van der Waals surface area contributed by atoms with Gasteiger partial charge in [-0.05, 0) is 23.1 Å². The van der Waals surface area contributed by atoms with Crippen LogP contribution in [0.25, 0.3) is 22.0 Å². The summed E-state index contributed by atoms with van der Waals surface area (Å²) in [6.45, 7) is 0. The summed E-state index contributed by atoms with van der Waals surface area (Å²) in [6, 6.07) is 7.27. The number of hydrogen-bond acceptors (Lipinski definition) is 5. The molecule has 2 heterocycles. The van der Waals surface area contributed by atoms with Crippen molar-refractivity contribution >= 4 is 28.1 Å². The largest absolute Gasteiger partial charge is 0.313 e. The number of benzene rings is 1. The van der Waals surface area contributed by atoms with E-state index in [1.165, 1.54) is 0 Å². The predicted octanol–water partition coefficient (Wildman–Crippen LogP) is 3.25. The van der Waals surface area contributed by atoms with Crippen molar-refractivity contribution in [1.29, 1.82) is 0 Å². The summed E-state index contributed by atoms with van der Waals surface area (Å²) < 4.78 is 0. The Morgan fingerprint density at radius 3 is 2.85 bits per heavy atom. The normalized spacial score (nSPS) is 10.7. The lowest BCUT2D eigenvalue weighted by atomic mass is 10.0. The van der Waals surface area contributed by atoms with Crippen LogP contribution in [-0.2, 0) is 0 Å². The third kappa shape index (κ3) is 2.06. The molecule has 3 rings (SSSR count). The highest BCUT2D eigenvalue weighted by molar-refractivity contribution is 6.28. The Morgan fingerprint density at radius 1 is 1.20 bits per heavy atom. The molecule has 20 heavy (non-hydrogen) atoms. The van der Waals surface area contributed by atoms with Crippen LogP contribution in [0, 0.1) is 10.1 Å². The summed E-state index contributed by atoms with van der Waals surface area (Å²) in [4.78, 5) is 22.3. The number of hydrogen-bond donors (Lipinski definition) is 0. The van der Waals surface area contributed by atoms with Gasteiger partial charge in [0.2, 0.25) is 5.28 Å². The summed E-state index contributed by atoms with van der Waals surface area (Å²) in [5.41, 5.74) is 0.603. The molecule has 0 bridgehead atoms. The molecule has 0 aliphatic heterocycles. The van der Waals surface area contributed by atoms with Crippen molar-refractivity contribution in [3.8, 4) is 11.3 Å². The highest BCUT2D eigenvalue weighted by Crippen LogP contribution is 2.33. The molecular weight excluding hydrogens is 280 g/mol. The first-order chi connectivity index (χ1) is 9.66. The van der Waals surface area contributed by atoms with E-state index in [2.05, 4.69) is 15.0 Å². The lowest BCUT2D eigenvalue weighted by molar-refractivity contribution is -0.384. The molecule has 0 aliphatic rings. The van der Waals surface area contributed by atoms with Crippen LogP contribution in [0.4, 0.5) is 5.69 Å². The smallest absolute Gasteiger partial charge is 0.264 e. The molecule has 0 fully saturated rings. The maximum atomic E-state index is 11.1. The van der Waals surface area contributed by atoms with Crippen LogP contribution in [0.3, 0.4) is 0 Å². The first kappa shape index (κ1) is 12.4. The summed E-state index contributed by atoms with van der Waals surface area (Å²) >= 11 is 5.76. The first-order valence-corrected chi connectivity index (χ1v) is 6.04. The van der Waals surface area contributed by atoms with Gasteiger partial charge in [0, 0.05) is 23.3 Å². The molecular formula is C13H7ClN4O2. The van der Waals surface area contributed by atoms with Gasteiger partial charge in [0.25, 0.3) is 0 Å². The summed E-state index contributed by atoms with van der Waals surface area (Å²) in [6.07, 6.45) is 4.41. The number of aromatic nitrogens is 3. The van der Waals surface area contributed by atoms with Crippen LogP contribution in [0.5, 0.6) is 0 Å². The van der Waals surface area contributed by atoms with Crippen molar-refractivity contribution in [2.24, 2.45) is 0 Å². The molecule has 6 nitrogen and oxygen atoms in total. The average molecular weight is 287 g/mol. The van der Waals surface area contributed by atoms with E-state index in [1.54, 1.807) is 24.5 Å². The van der Waals surface area contributed by atoms with Gasteiger partial charge in [-0.25, -0.2) is 9.97 Å². The van der Waals surface area contributed by atoms with Crippen LogP contribution in [0.2, 0.25) is 5.28 Å². The third-order valence-corrected chi connectivity index (χ3v) is 3.06. The minimum atomic E-state index is -0.527. The van der Waals surface area contributed by atoms with Crippen molar-refractivity contribution in [3.05, 3.63) is 58.3 Å². The predicted molar refractivity (Wildman–Crippen MR) is 74.4 cm³/mol. The van der Waals surface area contributed by atoms with E-state index in [4.69, 9.17) is 11.6 Å². The topological polar surface area (TPSA) is 81.8 Å². The zero-order valence-corrected chi connectivity index (χ0v) is 10.8. The van der Waals surface area contributed by atoms with Crippen LogP contribution >= 0.6 is 11.6 Å². The first-order valence-electron chi connectivity index (χ1n) is 5.67. The van der Waals surface area contributed by atoms with E-state index in [9.17, 15) is 10.1 Å². The number of nitro groups is 1. The van der Waals surface area contributed by atoms with Crippen molar-refractivity contribution in [3.63, 3.8) is 0 Å². The van der Waals surface area contributed by atoms with Crippen LogP contribution in [0.15, 0.2) is 42.9 Å². The Labute approximate surface area is 118 Å². The standard InChI is InChI=1S/C13H7ClN4O2/c14-13-16-7-11(18(19)20)12(17-13)9-3-1-2-8-4-5-15-6-10(8)9/h1-7H. The molecule has 0 radical (unpaired) electrons. The van der Waals surface area contributed by atoms with E-state index in [-0.39, 0.29) is 16.7 Å². The van der Waals surface area contributed by atoms with E-state index in [0.717, 1.165) is 17.0 Å². The SMILES string of the molecule is O=[N+]([O-])c1cnc(Cl)nc1-c1cccc2ccncc12. The Hall–Kier alpha value is -2.60. The summed E-state index contributed by atoms with van der Waals surface area (Å²) in [5, 5.41) is 12.8. The van der Waals surface area contributed by atoms with Gasteiger partial charge in [0.15, 0.2) is 5.69 Å². The number of pyridine rings is 1. The Kier molecular flexibility index (Phi) is 3.00. The van der Waals surface area contributed by atoms with Gasteiger partial charge in [-0.3, -0.25) is 15.1 Å². The molecule has 0 N–H and O–H groups in total. The van der Waals surface area contributed by atoms with Crippen LogP contribution in [0.1, 0.15) is 0 Å². The van der Waals surface area contributed by atoms with E-state index in [0.29, 0.717) is 5.56 Å². The minimum Gasteiger partial charge on any atom is -0.264 e. The maximum Gasteiger partial charge on any atom is 0.313 e. The monoisotopic (exact) mass is 286 g/mol. The fraction of sp³-hybridized carbons (Fsp3) is 0. The molecule has 1 aromatic carbocycles. The zero-order valence-electron chi connectivity index (χ0n) is 10.0. The Bertz CT molecular complexity index is 817.